The van der Waals surface area contributed by atoms with Gasteiger partial charge in [0.25, 0.3) is 0 Å². The monoisotopic (exact) mass is 184 g/mol. The Hall–Kier alpha value is -0.940. The summed E-state index contributed by atoms with van der Waals surface area (Å²) >= 11 is 0. The molecule has 0 saturated carbocycles. The summed E-state index contributed by atoms with van der Waals surface area (Å²) in [6.07, 6.45) is -4.00. The van der Waals surface area contributed by atoms with Gasteiger partial charge in [0.05, 0.1) is 0 Å². The van der Waals surface area contributed by atoms with E-state index in [4.69, 9.17) is 0 Å². The average molecular weight is 184 g/mol. The van der Waals surface area contributed by atoms with E-state index in [9.17, 15) is 18.0 Å². The molecule has 1 aliphatic heterocycles. The molecule has 2 N–H and O–H groups in total. The SMILES string of the molecule is CC(F)(F)F.CC1CNC(=O)N1. The molecule has 3 nitrogen and oxygen atoms in total. The summed E-state index contributed by atoms with van der Waals surface area (Å²) < 4.78 is 31.1. The van der Waals surface area contributed by atoms with Crippen molar-refractivity contribution < 1.29 is 18.0 Å². The normalized spacial score (nSPS) is 22.1. The molecule has 0 aromatic heterocycles. The van der Waals surface area contributed by atoms with Crippen LogP contribution in [0.25, 0.3) is 0 Å². The molecule has 0 radical (unpaired) electrons. The minimum atomic E-state index is -4.00. The highest BCUT2D eigenvalue weighted by Crippen LogP contribution is 2.10. The molecule has 6 heteroatoms. The predicted octanol–water partition coefficient (Wildman–Crippen LogP) is 1.26. The van der Waals surface area contributed by atoms with E-state index in [-0.39, 0.29) is 13.0 Å². The molecule has 1 atom stereocenters. The van der Waals surface area contributed by atoms with Crippen LogP contribution in [-0.4, -0.2) is 24.8 Å². The van der Waals surface area contributed by atoms with Gasteiger partial charge in [0.1, 0.15) is 0 Å². The van der Waals surface area contributed by atoms with E-state index in [0.29, 0.717) is 6.04 Å². The second-order valence-corrected chi connectivity index (χ2v) is 2.54. The fourth-order valence-electron chi connectivity index (χ4n) is 0.572. The Kier molecular flexibility index (Phi) is 3.85. The average Bonchev–Trinajstić information content (AvgIpc) is 2.09. The lowest BCUT2D eigenvalue weighted by Gasteiger charge is -1.92. The number of alkyl halides is 3. The van der Waals surface area contributed by atoms with Gasteiger partial charge >= 0.3 is 12.2 Å². The van der Waals surface area contributed by atoms with Crippen molar-refractivity contribution in [3.63, 3.8) is 0 Å². The van der Waals surface area contributed by atoms with Crippen LogP contribution in [0.1, 0.15) is 13.8 Å². The smallest absolute Gasteiger partial charge is 0.336 e. The van der Waals surface area contributed by atoms with E-state index in [1.807, 2.05) is 6.92 Å². The first-order valence-electron chi connectivity index (χ1n) is 3.40. The summed E-state index contributed by atoms with van der Waals surface area (Å²) in [4.78, 5) is 10.2. The molecular formula is C6H11F3N2O. The maximum Gasteiger partial charge on any atom is 0.386 e. The molecule has 0 aromatic rings. The van der Waals surface area contributed by atoms with Crippen LogP contribution in [0.4, 0.5) is 18.0 Å². The van der Waals surface area contributed by atoms with Gasteiger partial charge in [0.2, 0.25) is 0 Å². The van der Waals surface area contributed by atoms with Crippen LogP contribution in [0.5, 0.6) is 0 Å². The minimum Gasteiger partial charge on any atom is -0.336 e. The number of rotatable bonds is 0. The van der Waals surface area contributed by atoms with Crippen LogP contribution in [-0.2, 0) is 0 Å². The Bertz CT molecular complexity index is 151. The van der Waals surface area contributed by atoms with Crippen LogP contribution in [0.3, 0.4) is 0 Å². The number of hydrogen-bond acceptors (Lipinski definition) is 1. The summed E-state index contributed by atoms with van der Waals surface area (Å²) in [6, 6.07) is 0.264. The second kappa shape index (κ2) is 4.18. The first kappa shape index (κ1) is 11.1. The zero-order valence-corrected chi connectivity index (χ0v) is 6.83. The molecule has 0 bridgehead atoms. The summed E-state index contributed by atoms with van der Waals surface area (Å²) in [5.41, 5.74) is 0. The third-order valence-electron chi connectivity index (χ3n) is 0.946. The van der Waals surface area contributed by atoms with Gasteiger partial charge in [-0.1, -0.05) is 0 Å². The standard InChI is InChI=1S/C4H8N2O.C2H3F3/c1-3-2-5-4(7)6-3;1-2(3,4)5/h3H,2H2,1H3,(H2,5,6,7);1H3. The van der Waals surface area contributed by atoms with E-state index >= 15 is 0 Å². The molecule has 1 aliphatic rings. The lowest BCUT2D eigenvalue weighted by Crippen LogP contribution is -2.23. The number of hydrogen-bond donors (Lipinski definition) is 2. The number of urea groups is 1. The number of nitrogens with one attached hydrogen (secondary N) is 2. The molecule has 0 aliphatic carbocycles. The number of carbonyl (C=O) groups is 1. The van der Waals surface area contributed by atoms with Gasteiger partial charge < -0.3 is 10.6 Å². The molecule has 1 heterocycles. The van der Waals surface area contributed by atoms with Crippen molar-refractivity contribution >= 4 is 6.03 Å². The third-order valence-corrected chi connectivity index (χ3v) is 0.946. The van der Waals surface area contributed by atoms with Gasteiger partial charge in [0.15, 0.2) is 0 Å². The third kappa shape index (κ3) is 9.06. The fourth-order valence-corrected chi connectivity index (χ4v) is 0.572. The zero-order valence-electron chi connectivity index (χ0n) is 6.83. The van der Waals surface area contributed by atoms with Crippen LogP contribution >= 0.6 is 0 Å². The van der Waals surface area contributed by atoms with Gasteiger partial charge in [-0.3, -0.25) is 0 Å². The van der Waals surface area contributed by atoms with E-state index in [1.54, 1.807) is 0 Å². The highest BCUT2D eigenvalue weighted by Gasteiger charge is 2.15. The van der Waals surface area contributed by atoms with Crippen molar-refractivity contribution in [2.75, 3.05) is 6.54 Å². The van der Waals surface area contributed by atoms with Gasteiger partial charge in [-0.05, 0) is 6.92 Å². The van der Waals surface area contributed by atoms with Crippen LogP contribution in [0, 0.1) is 0 Å². The highest BCUT2D eigenvalue weighted by atomic mass is 19.4. The molecule has 1 saturated heterocycles. The predicted molar refractivity (Wildman–Crippen MR) is 37.7 cm³/mol. The lowest BCUT2D eigenvalue weighted by atomic mass is 10.4. The first-order chi connectivity index (χ1) is 5.29. The Morgan fingerprint density at radius 1 is 1.50 bits per heavy atom. The van der Waals surface area contributed by atoms with Crippen molar-refractivity contribution in [3.8, 4) is 0 Å². The molecule has 12 heavy (non-hydrogen) atoms. The van der Waals surface area contributed by atoms with Crippen LogP contribution in [0.2, 0.25) is 0 Å². The van der Waals surface area contributed by atoms with Crippen molar-refractivity contribution in [1.29, 1.82) is 0 Å². The molecule has 1 rings (SSSR count). The Morgan fingerprint density at radius 3 is 2.00 bits per heavy atom. The fraction of sp³-hybridized carbons (Fsp3) is 0.833. The quantitative estimate of drug-likeness (QED) is 0.584. The zero-order chi connectivity index (χ0) is 9.78. The van der Waals surface area contributed by atoms with Crippen molar-refractivity contribution in [2.45, 2.75) is 26.1 Å². The van der Waals surface area contributed by atoms with Crippen molar-refractivity contribution in [2.24, 2.45) is 0 Å². The van der Waals surface area contributed by atoms with Gasteiger partial charge in [-0.15, -0.1) is 0 Å². The van der Waals surface area contributed by atoms with E-state index in [0.717, 1.165) is 6.54 Å². The molecule has 0 aromatic carbocycles. The molecular weight excluding hydrogens is 173 g/mol. The molecule has 1 unspecified atom stereocenters. The van der Waals surface area contributed by atoms with Gasteiger partial charge in [-0.25, -0.2) is 4.79 Å². The molecule has 0 spiro atoms. The highest BCUT2D eigenvalue weighted by molar-refractivity contribution is 5.76. The van der Waals surface area contributed by atoms with E-state index < -0.39 is 6.18 Å². The number of carbonyl (C=O) groups excluding carboxylic acids is 1. The number of amides is 2. The Labute approximate surface area is 68.3 Å². The molecule has 2 amide bonds. The summed E-state index contributed by atoms with van der Waals surface area (Å²) in [6.45, 7) is 2.91. The maximum atomic E-state index is 10.4. The van der Waals surface area contributed by atoms with Gasteiger partial charge in [0, 0.05) is 19.5 Å². The number of halogens is 3. The summed E-state index contributed by atoms with van der Waals surface area (Å²) in [7, 11) is 0. The molecule has 72 valence electrons. The van der Waals surface area contributed by atoms with Crippen molar-refractivity contribution in [3.05, 3.63) is 0 Å². The van der Waals surface area contributed by atoms with Gasteiger partial charge in [-0.2, -0.15) is 13.2 Å². The summed E-state index contributed by atoms with van der Waals surface area (Å²) in [5, 5.41) is 5.29. The Balaban J connectivity index is 0.000000217. The van der Waals surface area contributed by atoms with Crippen LogP contribution in [0.15, 0.2) is 0 Å². The summed E-state index contributed by atoms with van der Waals surface area (Å²) in [5.74, 6) is 0. The van der Waals surface area contributed by atoms with E-state index in [1.165, 1.54) is 0 Å². The Morgan fingerprint density at radius 2 is 1.92 bits per heavy atom. The first-order valence-corrected chi connectivity index (χ1v) is 3.40. The largest absolute Gasteiger partial charge is 0.386 e. The second-order valence-electron chi connectivity index (χ2n) is 2.54. The van der Waals surface area contributed by atoms with Crippen LogP contribution < -0.4 is 10.6 Å². The lowest BCUT2D eigenvalue weighted by molar-refractivity contribution is -0.110. The van der Waals surface area contributed by atoms with E-state index in [2.05, 4.69) is 10.6 Å². The topological polar surface area (TPSA) is 41.1 Å². The molecule has 1 fully saturated rings. The van der Waals surface area contributed by atoms with Crippen molar-refractivity contribution in [1.82, 2.24) is 10.6 Å². The maximum absolute atomic E-state index is 10.4. The minimum absolute atomic E-state index is 0.0486.